The number of aromatic nitrogens is 1. The zero-order chi connectivity index (χ0) is 21.8. The number of rotatable bonds is 7. The van der Waals surface area contributed by atoms with Gasteiger partial charge in [-0.25, -0.2) is 9.99 Å². The van der Waals surface area contributed by atoms with E-state index in [4.69, 9.17) is 24.3 Å². The standard InChI is InChI=1S/C25H21N3O3S/c1-2-29-21-11-9-19(10-12-21)22-16-32-25(27-22)28(20-6-4-3-5-7-20)26-15-18-8-13-23-24(14-18)31-17-30-23/h3-16H,2,17H2,1H3/b26-15+. The molecule has 3 aromatic carbocycles. The molecule has 1 aliphatic rings. The molecule has 0 fully saturated rings. The van der Waals surface area contributed by atoms with Crippen molar-refractivity contribution < 1.29 is 14.2 Å². The summed E-state index contributed by atoms with van der Waals surface area (Å²) in [6.07, 6.45) is 1.80. The topological polar surface area (TPSA) is 56.2 Å². The summed E-state index contributed by atoms with van der Waals surface area (Å²) in [6, 6.07) is 23.7. The molecular formula is C25H21N3O3S. The summed E-state index contributed by atoms with van der Waals surface area (Å²) in [6.45, 7) is 2.87. The lowest BCUT2D eigenvalue weighted by molar-refractivity contribution is 0.174. The van der Waals surface area contributed by atoms with Crippen molar-refractivity contribution in [1.29, 1.82) is 0 Å². The Hall–Kier alpha value is -3.84. The Morgan fingerprint density at radius 3 is 2.66 bits per heavy atom. The van der Waals surface area contributed by atoms with Gasteiger partial charge in [-0.15, -0.1) is 11.3 Å². The van der Waals surface area contributed by atoms with Gasteiger partial charge in [0.15, 0.2) is 11.5 Å². The average molecular weight is 444 g/mol. The maximum absolute atomic E-state index is 5.54. The van der Waals surface area contributed by atoms with E-state index in [1.165, 1.54) is 0 Å². The van der Waals surface area contributed by atoms with Crippen LogP contribution in [0.15, 0.2) is 83.3 Å². The molecule has 160 valence electrons. The number of benzene rings is 3. The fraction of sp³-hybridized carbons (Fsp3) is 0.120. The highest BCUT2D eigenvalue weighted by Crippen LogP contribution is 2.34. The third kappa shape index (κ3) is 4.29. The van der Waals surface area contributed by atoms with E-state index < -0.39 is 0 Å². The molecule has 1 aromatic heterocycles. The second-order valence-electron chi connectivity index (χ2n) is 6.98. The highest BCUT2D eigenvalue weighted by Gasteiger charge is 2.15. The molecule has 1 aliphatic heterocycles. The molecule has 0 atom stereocenters. The number of hydrazone groups is 1. The molecule has 6 nitrogen and oxygen atoms in total. The summed E-state index contributed by atoms with van der Waals surface area (Å²) in [5.41, 5.74) is 3.77. The van der Waals surface area contributed by atoms with Gasteiger partial charge in [-0.2, -0.15) is 5.10 Å². The van der Waals surface area contributed by atoms with Gasteiger partial charge in [0.25, 0.3) is 0 Å². The van der Waals surface area contributed by atoms with Crippen molar-refractivity contribution in [2.24, 2.45) is 5.10 Å². The molecule has 0 aliphatic carbocycles. The number of ether oxygens (including phenoxy) is 3. The van der Waals surface area contributed by atoms with Crippen molar-refractivity contribution in [1.82, 2.24) is 4.98 Å². The van der Waals surface area contributed by atoms with Crippen molar-refractivity contribution in [2.75, 3.05) is 18.4 Å². The second kappa shape index (κ2) is 9.11. The van der Waals surface area contributed by atoms with Crippen LogP contribution in [0.5, 0.6) is 17.2 Å². The smallest absolute Gasteiger partial charge is 0.231 e. The van der Waals surface area contributed by atoms with Crippen LogP contribution in [0.1, 0.15) is 12.5 Å². The largest absolute Gasteiger partial charge is 0.494 e. The summed E-state index contributed by atoms with van der Waals surface area (Å²) in [5, 5.41) is 9.40. The number of hydrogen-bond acceptors (Lipinski definition) is 7. The maximum atomic E-state index is 5.54. The normalized spacial score (nSPS) is 12.3. The quantitative estimate of drug-likeness (QED) is 0.255. The lowest BCUT2D eigenvalue weighted by atomic mass is 10.2. The molecule has 4 aromatic rings. The molecule has 0 spiro atoms. The highest BCUT2D eigenvalue weighted by molar-refractivity contribution is 7.14. The minimum atomic E-state index is 0.250. The van der Waals surface area contributed by atoms with Gasteiger partial charge in [-0.05, 0) is 67.1 Å². The Morgan fingerprint density at radius 2 is 1.84 bits per heavy atom. The van der Waals surface area contributed by atoms with Crippen molar-refractivity contribution in [2.45, 2.75) is 6.92 Å². The summed E-state index contributed by atoms with van der Waals surface area (Å²) in [7, 11) is 0. The van der Waals surface area contributed by atoms with E-state index in [1.54, 1.807) is 17.6 Å². The number of nitrogens with zero attached hydrogens (tertiary/aromatic N) is 3. The third-order valence-electron chi connectivity index (χ3n) is 4.85. The first kappa shape index (κ1) is 20.1. The van der Waals surface area contributed by atoms with Gasteiger partial charge < -0.3 is 14.2 Å². The van der Waals surface area contributed by atoms with E-state index >= 15 is 0 Å². The monoisotopic (exact) mass is 443 g/mol. The van der Waals surface area contributed by atoms with Gasteiger partial charge >= 0.3 is 0 Å². The van der Waals surface area contributed by atoms with E-state index in [1.807, 2.05) is 90.1 Å². The minimum absolute atomic E-state index is 0.250. The predicted molar refractivity (Wildman–Crippen MR) is 127 cm³/mol. The highest BCUT2D eigenvalue weighted by atomic mass is 32.1. The van der Waals surface area contributed by atoms with Crippen LogP contribution in [0.2, 0.25) is 0 Å². The molecule has 0 unspecified atom stereocenters. The predicted octanol–water partition coefficient (Wildman–Crippen LogP) is 6.11. The maximum Gasteiger partial charge on any atom is 0.231 e. The summed E-state index contributed by atoms with van der Waals surface area (Å²) in [4.78, 5) is 4.85. The van der Waals surface area contributed by atoms with Crippen molar-refractivity contribution in [3.8, 4) is 28.5 Å². The van der Waals surface area contributed by atoms with Crippen LogP contribution in [-0.4, -0.2) is 24.6 Å². The fourth-order valence-electron chi connectivity index (χ4n) is 3.30. The molecule has 0 saturated heterocycles. The fourth-order valence-corrected chi connectivity index (χ4v) is 4.11. The van der Waals surface area contributed by atoms with Crippen LogP contribution < -0.4 is 19.2 Å². The zero-order valence-electron chi connectivity index (χ0n) is 17.5. The van der Waals surface area contributed by atoms with E-state index in [0.29, 0.717) is 6.61 Å². The number of hydrogen-bond donors (Lipinski definition) is 0. The molecule has 7 heteroatoms. The summed E-state index contributed by atoms with van der Waals surface area (Å²) in [5.74, 6) is 2.33. The van der Waals surface area contributed by atoms with Gasteiger partial charge in [-0.1, -0.05) is 18.2 Å². The Labute approximate surface area is 190 Å². The Balaban J connectivity index is 1.44. The number of thiazole rings is 1. The molecule has 0 N–H and O–H groups in total. The van der Waals surface area contributed by atoms with Crippen LogP contribution in [-0.2, 0) is 0 Å². The van der Waals surface area contributed by atoms with E-state index in [0.717, 1.165) is 44.9 Å². The van der Waals surface area contributed by atoms with Crippen LogP contribution in [0.4, 0.5) is 10.8 Å². The SMILES string of the molecule is CCOc1ccc(-c2csc(N(/N=C/c3ccc4c(c3)OCO4)c3ccccc3)n2)cc1. The lowest BCUT2D eigenvalue weighted by Crippen LogP contribution is -2.09. The van der Waals surface area contributed by atoms with Crippen LogP contribution >= 0.6 is 11.3 Å². The van der Waals surface area contributed by atoms with Crippen LogP contribution in [0, 0.1) is 0 Å². The molecule has 0 bridgehead atoms. The first-order valence-electron chi connectivity index (χ1n) is 10.3. The molecule has 0 amide bonds. The second-order valence-corrected chi connectivity index (χ2v) is 7.81. The Bertz CT molecular complexity index is 1220. The van der Waals surface area contributed by atoms with Gasteiger partial charge in [0.05, 0.1) is 24.2 Å². The van der Waals surface area contributed by atoms with Gasteiger partial charge in [-0.3, -0.25) is 0 Å². The minimum Gasteiger partial charge on any atom is -0.494 e. The zero-order valence-corrected chi connectivity index (χ0v) is 18.3. The van der Waals surface area contributed by atoms with E-state index in [2.05, 4.69) is 0 Å². The molecule has 0 saturated carbocycles. The van der Waals surface area contributed by atoms with E-state index in [9.17, 15) is 0 Å². The van der Waals surface area contributed by atoms with Gasteiger partial charge in [0, 0.05) is 10.9 Å². The third-order valence-corrected chi connectivity index (χ3v) is 5.67. The molecule has 32 heavy (non-hydrogen) atoms. The van der Waals surface area contributed by atoms with Gasteiger partial charge in [0.1, 0.15) is 5.75 Å². The summed E-state index contributed by atoms with van der Waals surface area (Å²) >= 11 is 1.54. The molecule has 2 heterocycles. The number of anilines is 2. The molecule has 5 rings (SSSR count). The first-order chi connectivity index (χ1) is 15.8. The average Bonchev–Trinajstić information content (AvgIpc) is 3.50. The van der Waals surface area contributed by atoms with Crippen molar-refractivity contribution in [3.63, 3.8) is 0 Å². The molecule has 0 radical (unpaired) electrons. The summed E-state index contributed by atoms with van der Waals surface area (Å²) < 4.78 is 16.4. The van der Waals surface area contributed by atoms with Crippen LogP contribution in [0.3, 0.4) is 0 Å². The Morgan fingerprint density at radius 1 is 1.03 bits per heavy atom. The number of fused-ring (bicyclic) bond motifs is 1. The number of para-hydroxylation sites is 1. The van der Waals surface area contributed by atoms with Crippen molar-refractivity contribution >= 4 is 28.4 Å². The Kier molecular flexibility index (Phi) is 5.72. The lowest BCUT2D eigenvalue weighted by Gasteiger charge is -2.15. The molecular weight excluding hydrogens is 422 g/mol. The van der Waals surface area contributed by atoms with Crippen LogP contribution in [0.25, 0.3) is 11.3 Å². The first-order valence-corrected chi connectivity index (χ1v) is 11.2. The van der Waals surface area contributed by atoms with Crippen molar-refractivity contribution in [3.05, 3.63) is 83.7 Å². The van der Waals surface area contributed by atoms with Gasteiger partial charge in [0.2, 0.25) is 11.9 Å². The van der Waals surface area contributed by atoms with E-state index in [-0.39, 0.29) is 6.79 Å².